The van der Waals surface area contributed by atoms with Crippen LogP contribution in [0.1, 0.15) is 24.4 Å². The van der Waals surface area contributed by atoms with Crippen LogP contribution in [0.2, 0.25) is 0 Å². The third-order valence-electron chi connectivity index (χ3n) is 2.92. The molecular weight excluding hydrogens is 209 g/mol. The van der Waals surface area contributed by atoms with E-state index in [1.165, 1.54) is 12.3 Å². The van der Waals surface area contributed by atoms with Gasteiger partial charge in [0.2, 0.25) is 0 Å². The number of rotatable bonds is 4. The maximum Gasteiger partial charge on any atom is 0.141 e. The summed E-state index contributed by atoms with van der Waals surface area (Å²) in [4.78, 5) is 3.83. The molecule has 1 aliphatic rings. The second kappa shape index (κ2) is 5.34. The van der Waals surface area contributed by atoms with Crippen molar-refractivity contribution >= 4 is 0 Å². The molecule has 0 bridgehead atoms. The molecular formula is C11H16FN3O. The summed E-state index contributed by atoms with van der Waals surface area (Å²) < 4.78 is 18.3. The SMILES string of the molecule is NNC(CC1CCOC1)c1cncc(F)c1. The molecule has 1 saturated heterocycles. The number of hydrazine groups is 1. The molecule has 0 saturated carbocycles. The molecule has 1 fully saturated rings. The van der Waals surface area contributed by atoms with Gasteiger partial charge in [-0.3, -0.25) is 16.3 Å². The average molecular weight is 225 g/mol. The largest absolute Gasteiger partial charge is 0.381 e. The average Bonchev–Trinajstić information content (AvgIpc) is 2.78. The lowest BCUT2D eigenvalue weighted by Gasteiger charge is -2.19. The van der Waals surface area contributed by atoms with Crippen LogP contribution in [0.5, 0.6) is 0 Å². The highest BCUT2D eigenvalue weighted by Crippen LogP contribution is 2.25. The van der Waals surface area contributed by atoms with Crippen molar-refractivity contribution in [1.29, 1.82) is 0 Å². The van der Waals surface area contributed by atoms with E-state index in [0.717, 1.165) is 31.6 Å². The summed E-state index contributed by atoms with van der Waals surface area (Å²) in [6, 6.07) is 1.41. The lowest BCUT2D eigenvalue weighted by molar-refractivity contribution is 0.181. The first-order valence-corrected chi connectivity index (χ1v) is 5.44. The summed E-state index contributed by atoms with van der Waals surface area (Å²) in [5.41, 5.74) is 3.50. The van der Waals surface area contributed by atoms with Gasteiger partial charge in [0.1, 0.15) is 5.82 Å². The lowest BCUT2D eigenvalue weighted by atomic mass is 9.95. The molecule has 3 N–H and O–H groups in total. The van der Waals surface area contributed by atoms with Gasteiger partial charge < -0.3 is 4.74 Å². The standard InChI is InChI=1S/C11H16FN3O/c12-10-4-9(5-14-6-10)11(15-13)3-8-1-2-16-7-8/h4-6,8,11,15H,1-3,7,13H2. The first-order valence-electron chi connectivity index (χ1n) is 5.44. The number of nitrogens with two attached hydrogens (primary N) is 1. The van der Waals surface area contributed by atoms with Crippen LogP contribution in [0.4, 0.5) is 4.39 Å². The van der Waals surface area contributed by atoms with E-state index in [2.05, 4.69) is 10.4 Å². The highest BCUT2D eigenvalue weighted by atomic mass is 19.1. The van der Waals surface area contributed by atoms with Crippen molar-refractivity contribution in [3.05, 3.63) is 29.8 Å². The van der Waals surface area contributed by atoms with Gasteiger partial charge in [0.15, 0.2) is 0 Å². The predicted octanol–water partition coefficient (Wildman–Crippen LogP) is 1.15. The van der Waals surface area contributed by atoms with Gasteiger partial charge >= 0.3 is 0 Å². The van der Waals surface area contributed by atoms with Crippen molar-refractivity contribution in [2.75, 3.05) is 13.2 Å². The maximum atomic E-state index is 13.0. The van der Waals surface area contributed by atoms with Crippen LogP contribution in [0.15, 0.2) is 18.5 Å². The molecule has 0 amide bonds. The van der Waals surface area contributed by atoms with E-state index >= 15 is 0 Å². The third-order valence-corrected chi connectivity index (χ3v) is 2.92. The smallest absolute Gasteiger partial charge is 0.141 e. The quantitative estimate of drug-likeness (QED) is 0.596. The monoisotopic (exact) mass is 225 g/mol. The molecule has 0 aliphatic carbocycles. The van der Waals surface area contributed by atoms with E-state index in [1.54, 1.807) is 6.20 Å². The highest BCUT2D eigenvalue weighted by molar-refractivity contribution is 5.15. The van der Waals surface area contributed by atoms with Crippen molar-refractivity contribution in [1.82, 2.24) is 10.4 Å². The minimum atomic E-state index is -0.333. The van der Waals surface area contributed by atoms with Gasteiger partial charge in [0.25, 0.3) is 0 Å². The molecule has 0 radical (unpaired) electrons. The zero-order valence-corrected chi connectivity index (χ0v) is 9.03. The van der Waals surface area contributed by atoms with Gasteiger partial charge in [0.05, 0.1) is 6.20 Å². The Morgan fingerprint density at radius 1 is 1.62 bits per heavy atom. The molecule has 2 rings (SSSR count). The van der Waals surface area contributed by atoms with E-state index in [9.17, 15) is 4.39 Å². The van der Waals surface area contributed by atoms with Crippen LogP contribution in [-0.4, -0.2) is 18.2 Å². The Labute approximate surface area is 94.0 Å². The Kier molecular flexibility index (Phi) is 3.82. The molecule has 2 heterocycles. The van der Waals surface area contributed by atoms with Gasteiger partial charge in [-0.05, 0) is 30.4 Å². The summed E-state index contributed by atoms with van der Waals surface area (Å²) in [5, 5.41) is 0. The topological polar surface area (TPSA) is 60.2 Å². The molecule has 1 aromatic heterocycles. The van der Waals surface area contributed by atoms with E-state index in [1.807, 2.05) is 0 Å². The van der Waals surface area contributed by atoms with Crippen molar-refractivity contribution < 1.29 is 9.13 Å². The molecule has 0 aromatic carbocycles. The van der Waals surface area contributed by atoms with Gasteiger partial charge in [-0.25, -0.2) is 4.39 Å². The van der Waals surface area contributed by atoms with Gasteiger partial charge in [-0.1, -0.05) is 0 Å². The van der Waals surface area contributed by atoms with E-state index in [-0.39, 0.29) is 11.9 Å². The van der Waals surface area contributed by atoms with E-state index < -0.39 is 0 Å². The van der Waals surface area contributed by atoms with Crippen molar-refractivity contribution in [2.45, 2.75) is 18.9 Å². The second-order valence-electron chi connectivity index (χ2n) is 4.12. The van der Waals surface area contributed by atoms with Gasteiger partial charge in [-0.15, -0.1) is 0 Å². The van der Waals surface area contributed by atoms with Crippen LogP contribution >= 0.6 is 0 Å². The Hall–Kier alpha value is -1.04. The van der Waals surface area contributed by atoms with Crippen molar-refractivity contribution in [3.8, 4) is 0 Å². The van der Waals surface area contributed by atoms with Crippen molar-refractivity contribution in [3.63, 3.8) is 0 Å². The molecule has 2 atom stereocenters. The number of hydrogen-bond donors (Lipinski definition) is 2. The number of halogens is 1. The maximum absolute atomic E-state index is 13.0. The Morgan fingerprint density at radius 3 is 3.12 bits per heavy atom. The molecule has 88 valence electrons. The third kappa shape index (κ3) is 2.75. The fourth-order valence-corrected chi connectivity index (χ4v) is 2.02. The minimum absolute atomic E-state index is 0.0603. The molecule has 0 spiro atoms. The van der Waals surface area contributed by atoms with E-state index in [4.69, 9.17) is 10.6 Å². The molecule has 4 nitrogen and oxygen atoms in total. The molecule has 16 heavy (non-hydrogen) atoms. The molecule has 1 aliphatic heterocycles. The fourth-order valence-electron chi connectivity index (χ4n) is 2.02. The number of nitrogens with one attached hydrogen (secondary N) is 1. The summed E-state index contributed by atoms with van der Waals surface area (Å²) in [6.45, 7) is 1.57. The summed E-state index contributed by atoms with van der Waals surface area (Å²) >= 11 is 0. The Morgan fingerprint density at radius 2 is 2.50 bits per heavy atom. The van der Waals surface area contributed by atoms with Gasteiger partial charge in [0, 0.05) is 25.5 Å². The molecule has 1 aromatic rings. The van der Waals surface area contributed by atoms with Gasteiger partial charge in [-0.2, -0.15) is 0 Å². The van der Waals surface area contributed by atoms with Crippen LogP contribution in [0.25, 0.3) is 0 Å². The zero-order valence-electron chi connectivity index (χ0n) is 9.03. The number of pyridine rings is 1. The van der Waals surface area contributed by atoms with Crippen molar-refractivity contribution in [2.24, 2.45) is 11.8 Å². The van der Waals surface area contributed by atoms with Crippen LogP contribution in [-0.2, 0) is 4.74 Å². The number of nitrogens with zero attached hydrogens (tertiary/aromatic N) is 1. The minimum Gasteiger partial charge on any atom is -0.381 e. The lowest BCUT2D eigenvalue weighted by Crippen LogP contribution is -2.30. The fraction of sp³-hybridized carbons (Fsp3) is 0.545. The molecule has 2 unspecified atom stereocenters. The first kappa shape index (κ1) is 11.4. The Bertz CT molecular complexity index is 342. The van der Waals surface area contributed by atoms with Crippen LogP contribution < -0.4 is 11.3 Å². The van der Waals surface area contributed by atoms with Crippen LogP contribution in [0.3, 0.4) is 0 Å². The first-order chi connectivity index (χ1) is 7.79. The summed E-state index contributed by atoms with van der Waals surface area (Å²) in [7, 11) is 0. The summed E-state index contributed by atoms with van der Waals surface area (Å²) in [6.07, 6.45) is 4.72. The number of hydrogen-bond acceptors (Lipinski definition) is 4. The predicted molar refractivity (Wildman–Crippen MR) is 57.8 cm³/mol. The summed E-state index contributed by atoms with van der Waals surface area (Å²) in [5.74, 6) is 5.65. The zero-order chi connectivity index (χ0) is 11.4. The highest BCUT2D eigenvalue weighted by Gasteiger charge is 2.21. The Balaban J connectivity index is 2.03. The number of aromatic nitrogens is 1. The van der Waals surface area contributed by atoms with E-state index in [0.29, 0.717) is 5.92 Å². The molecule has 5 heteroatoms. The number of ether oxygens (including phenoxy) is 1. The normalized spacial score (nSPS) is 22.2. The second-order valence-corrected chi connectivity index (χ2v) is 4.12. The van der Waals surface area contributed by atoms with Crippen LogP contribution in [0, 0.1) is 11.7 Å².